The summed E-state index contributed by atoms with van der Waals surface area (Å²) in [4.78, 5) is 0. The number of rotatable bonds is 4. The molecule has 0 spiro atoms. The number of nitrogens with two attached hydrogens (primary N) is 1. The highest BCUT2D eigenvalue weighted by molar-refractivity contribution is 6.30. The third-order valence-corrected chi connectivity index (χ3v) is 5.25. The van der Waals surface area contributed by atoms with Crippen molar-refractivity contribution in [3.63, 3.8) is 0 Å². The van der Waals surface area contributed by atoms with Crippen LogP contribution in [-0.2, 0) is 6.42 Å². The van der Waals surface area contributed by atoms with E-state index in [1.165, 1.54) is 31.7 Å². The minimum absolute atomic E-state index is 0.196. The molecule has 0 saturated heterocycles. The molecule has 0 amide bonds. The van der Waals surface area contributed by atoms with Crippen molar-refractivity contribution in [2.24, 2.45) is 23.6 Å². The van der Waals surface area contributed by atoms with Gasteiger partial charge < -0.3 is 0 Å². The summed E-state index contributed by atoms with van der Waals surface area (Å²) >= 11 is 5.84. The van der Waals surface area contributed by atoms with Crippen LogP contribution in [-0.4, -0.2) is 6.04 Å². The Bertz CT molecular complexity index is 465. The quantitative estimate of drug-likeness (QED) is 0.657. The predicted octanol–water partition coefficient (Wildman–Crippen LogP) is 3.29. The summed E-state index contributed by atoms with van der Waals surface area (Å²) in [6.45, 7) is 0. The van der Waals surface area contributed by atoms with E-state index in [-0.39, 0.29) is 16.9 Å². The predicted molar refractivity (Wildman–Crippen MR) is 75.2 cm³/mol. The number of fused-ring (bicyclic) bond motifs is 2. The molecule has 0 heterocycles. The maximum Gasteiger partial charge on any atom is 0.141 e. The lowest BCUT2D eigenvalue weighted by atomic mass is 9.81. The van der Waals surface area contributed by atoms with Crippen molar-refractivity contribution in [2.75, 3.05) is 0 Å². The monoisotopic (exact) mass is 282 g/mol. The second kappa shape index (κ2) is 5.39. The Morgan fingerprint density at radius 3 is 2.79 bits per heavy atom. The molecule has 104 valence electrons. The first-order valence-corrected chi connectivity index (χ1v) is 7.45. The third kappa shape index (κ3) is 2.64. The number of hydrogen-bond acceptors (Lipinski definition) is 2. The normalized spacial score (nSPS) is 30.8. The number of halogens is 2. The van der Waals surface area contributed by atoms with Crippen molar-refractivity contribution < 1.29 is 4.39 Å². The summed E-state index contributed by atoms with van der Waals surface area (Å²) in [5.41, 5.74) is 4.03. The molecule has 4 heteroatoms. The Hall–Kier alpha value is -0.640. The molecule has 2 fully saturated rings. The summed E-state index contributed by atoms with van der Waals surface area (Å²) in [5, 5.41) is 0.196. The first kappa shape index (κ1) is 13.3. The molecule has 1 aromatic rings. The van der Waals surface area contributed by atoms with Gasteiger partial charge in [-0.2, -0.15) is 0 Å². The molecular weight excluding hydrogens is 263 g/mol. The Morgan fingerprint density at radius 1 is 1.37 bits per heavy atom. The van der Waals surface area contributed by atoms with Crippen LogP contribution in [0.2, 0.25) is 5.02 Å². The van der Waals surface area contributed by atoms with E-state index >= 15 is 0 Å². The zero-order chi connectivity index (χ0) is 13.4. The van der Waals surface area contributed by atoms with Crippen molar-refractivity contribution in [3.05, 3.63) is 34.6 Å². The molecule has 2 saturated carbocycles. The van der Waals surface area contributed by atoms with Crippen LogP contribution in [0.15, 0.2) is 18.2 Å². The van der Waals surface area contributed by atoms with Gasteiger partial charge in [0.15, 0.2) is 0 Å². The van der Waals surface area contributed by atoms with Gasteiger partial charge in [0.05, 0.1) is 5.02 Å². The first-order chi connectivity index (χ1) is 9.17. The molecule has 0 radical (unpaired) electrons. The summed E-state index contributed by atoms with van der Waals surface area (Å²) in [6.07, 6.45) is 6.21. The molecule has 2 nitrogen and oxygen atoms in total. The second-order valence-corrected chi connectivity index (χ2v) is 6.47. The highest BCUT2D eigenvalue weighted by Crippen LogP contribution is 2.49. The van der Waals surface area contributed by atoms with Gasteiger partial charge >= 0.3 is 0 Å². The average molecular weight is 283 g/mol. The molecular formula is C15H20ClFN2. The van der Waals surface area contributed by atoms with Gasteiger partial charge in [-0.05, 0) is 61.1 Å². The fourth-order valence-electron chi connectivity index (χ4n) is 4.04. The van der Waals surface area contributed by atoms with E-state index in [4.69, 9.17) is 17.4 Å². The van der Waals surface area contributed by atoms with Gasteiger partial charge in [-0.25, -0.2) is 4.39 Å². The number of benzene rings is 1. The van der Waals surface area contributed by atoms with Gasteiger partial charge in [0.1, 0.15) is 5.82 Å². The number of nitrogens with one attached hydrogen (secondary N) is 1. The first-order valence-electron chi connectivity index (χ1n) is 7.07. The third-order valence-electron chi connectivity index (χ3n) is 4.96. The number of hydrogen-bond donors (Lipinski definition) is 2. The number of hydrazine groups is 1. The average Bonchev–Trinajstić information content (AvgIpc) is 3.02. The Morgan fingerprint density at radius 2 is 2.21 bits per heavy atom. The van der Waals surface area contributed by atoms with Crippen LogP contribution in [0, 0.1) is 23.6 Å². The van der Waals surface area contributed by atoms with Gasteiger partial charge in [-0.3, -0.25) is 11.3 Å². The van der Waals surface area contributed by atoms with Gasteiger partial charge in [0, 0.05) is 6.04 Å². The summed E-state index contributed by atoms with van der Waals surface area (Å²) in [7, 11) is 0. The van der Waals surface area contributed by atoms with E-state index in [1.54, 1.807) is 12.1 Å². The second-order valence-electron chi connectivity index (χ2n) is 6.06. The van der Waals surface area contributed by atoms with Crippen LogP contribution in [0.3, 0.4) is 0 Å². The van der Waals surface area contributed by atoms with Crippen LogP contribution in [0.4, 0.5) is 4.39 Å². The maximum atomic E-state index is 13.2. The lowest BCUT2D eigenvalue weighted by Crippen LogP contribution is -2.44. The zero-order valence-electron chi connectivity index (χ0n) is 10.9. The molecule has 1 aromatic carbocycles. The fraction of sp³-hybridized carbons (Fsp3) is 0.600. The molecule has 0 aromatic heterocycles. The van der Waals surface area contributed by atoms with E-state index in [1.807, 2.05) is 0 Å². The Balaban J connectivity index is 1.71. The molecule has 3 N–H and O–H groups in total. The molecule has 2 aliphatic carbocycles. The summed E-state index contributed by atoms with van der Waals surface area (Å²) in [5.74, 6) is 7.77. The van der Waals surface area contributed by atoms with E-state index in [0.29, 0.717) is 5.92 Å². The molecule has 2 bridgehead atoms. The van der Waals surface area contributed by atoms with Crippen molar-refractivity contribution >= 4 is 11.6 Å². The molecule has 4 unspecified atom stereocenters. The minimum atomic E-state index is -0.359. The molecule has 0 aliphatic heterocycles. The molecule has 2 aliphatic rings. The smallest absolute Gasteiger partial charge is 0.141 e. The maximum absolute atomic E-state index is 13.2. The fourth-order valence-corrected chi connectivity index (χ4v) is 4.24. The largest absolute Gasteiger partial charge is 0.271 e. The van der Waals surface area contributed by atoms with Crippen molar-refractivity contribution in [2.45, 2.75) is 38.1 Å². The zero-order valence-corrected chi connectivity index (χ0v) is 11.7. The van der Waals surface area contributed by atoms with Crippen LogP contribution < -0.4 is 11.3 Å². The Kier molecular flexibility index (Phi) is 3.79. The Labute approximate surface area is 118 Å². The highest BCUT2D eigenvalue weighted by Gasteiger charge is 2.42. The molecule has 3 rings (SSSR count). The van der Waals surface area contributed by atoms with E-state index in [0.717, 1.165) is 23.8 Å². The van der Waals surface area contributed by atoms with Crippen LogP contribution in [0.5, 0.6) is 0 Å². The van der Waals surface area contributed by atoms with Gasteiger partial charge in [0.25, 0.3) is 0 Å². The lowest BCUT2D eigenvalue weighted by molar-refractivity contribution is 0.248. The standard InChI is InChI=1S/C15H20ClFN2/c16-13-7-10(2-4-14(13)17)8-15(19-18)12-6-9-1-3-11(12)5-9/h2,4,7,9,11-12,15,19H,1,3,5-6,8,18H2. The van der Waals surface area contributed by atoms with Crippen LogP contribution in [0.1, 0.15) is 31.2 Å². The van der Waals surface area contributed by atoms with E-state index in [2.05, 4.69) is 5.43 Å². The van der Waals surface area contributed by atoms with Gasteiger partial charge in [-0.1, -0.05) is 24.1 Å². The van der Waals surface area contributed by atoms with E-state index < -0.39 is 0 Å². The summed E-state index contributed by atoms with van der Waals surface area (Å²) < 4.78 is 13.2. The molecule has 4 atom stereocenters. The van der Waals surface area contributed by atoms with Crippen molar-refractivity contribution in [1.82, 2.24) is 5.43 Å². The lowest BCUT2D eigenvalue weighted by Gasteiger charge is -2.30. The van der Waals surface area contributed by atoms with Gasteiger partial charge in [-0.15, -0.1) is 0 Å². The van der Waals surface area contributed by atoms with Gasteiger partial charge in [0.2, 0.25) is 0 Å². The topological polar surface area (TPSA) is 38.0 Å². The summed E-state index contributed by atoms with van der Waals surface area (Å²) in [6, 6.07) is 5.23. The SMILES string of the molecule is NNC(Cc1ccc(F)c(Cl)c1)C1CC2CCC1C2. The van der Waals surface area contributed by atoms with Crippen LogP contribution in [0.25, 0.3) is 0 Å². The van der Waals surface area contributed by atoms with Crippen molar-refractivity contribution in [1.29, 1.82) is 0 Å². The molecule has 19 heavy (non-hydrogen) atoms. The van der Waals surface area contributed by atoms with Crippen LogP contribution >= 0.6 is 11.6 Å². The van der Waals surface area contributed by atoms with E-state index in [9.17, 15) is 4.39 Å². The minimum Gasteiger partial charge on any atom is -0.271 e. The van der Waals surface area contributed by atoms with Crippen molar-refractivity contribution in [3.8, 4) is 0 Å². The highest BCUT2D eigenvalue weighted by atomic mass is 35.5.